The minimum Gasteiger partial charge on any atom is -0.494 e. The van der Waals surface area contributed by atoms with Gasteiger partial charge in [0.1, 0.15) is 0 Å². The zero-order valence-electron chi connectivity index (χ0n) is 14.5. The van der Waals surface area contributed by atoms with Gasteiger partial charge in [-0.3, -0.25) is 4.79 Å². The van der Waals surface area contributed by atoms with E-state index in [1.54, 1.807) is 24.3 Å². The number of hydrogen-bond donors (Lipinski definition) is 1. The summed E-state index contributed by atoms with van der Waals surface area (Å²) in [6.07, 6.45) is 1.78. The summed E-state index contributed by atoms with van der Waals surface area (Å²) < 4.78 is 10.2. The Balaban J connectivity index is 2.04. The van der Waals surface area contributed by atoms with Crippen LogP contribution in [0.1, 0.15) is 40.5 Å². The van der Waals surface area contributed by atoms with Gasteiger partial charge in [-0.25, -0.2) is 4.79 Å². The molecule has 2 rings (SSSR count). The van der Waals surface area contributed by atoms with Gasteiger partial charge in [-0.15, -0.1) is 0 Å². The molecule has 1 amide bonds. The Morgan fingerprint density at radius 3 is 2.19 bits per heavy atom. The van der Waals surface area contributed by atoms with E-state index >= 15 is 0 Å². The Morgan fingerprint density at radius 2 is 1.65 bits per heavy atom. The molecular formula is C19H19Cl2NO4. The van der Waals surface area contributed by atoms with E-state index in [2.05, 4.69) is 5.32 Å². The van der Waals surface area contributed by atoms with E-state index in [1.165, 1.54) is 19.2 Å². The topological polar surface area (TPSA) is 64.6 Å². The number of unbranched alkanes of at least 4 members (excludes halogenated alkanes) is 1. The minimum absolute atomic E-state index is 0.246. The van der Waals surface area contributed by atoms with Crippen LogP contribution in [0.5, 0.6) is 5.75 Å². The lowest BCUT2D eigenvalue weighted by Crippen LogP contribution is -2.12. The maximum Gasteiger partial charge on any atom is 0.338 e. The van der Waals surface area contributed by atoms with Crippen LogP contribution in [0.25, 0.3) is 0 Å². The number of halogens is 2. The van der Waals surface area contributed by atoms with Crippen LogP contribution in [-0.4, -0.2) is 25.6 Å². The minimum atomic E-state index is -0.384. The summed E-state index contributed by atoms with van der Waals surface area (Å²) in [5, 5.41) is 3.21. The second kappa shape index (κ2) is 9.46. The van der Waals surface area contributed by atoms with Crippen LogP contribution in [0.2, 0.25) is 10.0 Å². The fraction of sp³-hybridized carbons (Fsp3) is 0.263. The first-order valence-electron chi connectivity index (χ1n) is 8.07. The largest absolute Gasteiger partial charge is 0.494 e. The van der Waals surface area contributed by atoms with E-state index in [4.69, 9.17) is 32.7 Å². The highest BCUT2D eigenvalue weighted by atomic mass is 35.5. The van der Waals surface area contributed by atoms with Gasteiger partial charge in [0.2, 0.25) is 0 Å². The Kier molecular flexibility index (Phi) is 7.30. The summed E-state index contributed by atoms with van der Waals surface area (Å²) in [5.74, 6) is -0.449. The van der Waals surface area contributed by atoms with Crippen LogP contribution < -0.4 is 10.1 Å². The van der Waals surface area contributed by atoms with Crippen LogP contribution in [0.15, 0.2) is 36.4 Å². The molecule has 0 bridgehead atoms. The van der Waals surface area contributed by atoms with Gasteiger partial charge in [-0.05, 0) is 42.8 Å². The Labute approximate surface area is 162 Å². The van der Waals surface area contributed by atoms with Gasteiger partial charge in [-0.1, -0.05) is 36.5 Å². The number of nitrogens with one attached hydrogen (secondary N) is 1. The number of carbonyl (C=O) groups excluding carboxylic acids is 2. The molecule has 0 heterocycles. The third-order valence-electron chi connectivity index (χ3n) is 3.57. The maximum absolute atomic E-state index is 12.4. The standard InChI is InChI=1S/C19H19Cl2NO4/c1-3-4-9-26-19(24)12-5-7-14(8-6-12)22-18(23)13-10-15(20)17(25-2)16(21)11-13/h5-8,10-11H,3-4,9H2,1-2H3,(H,22,23). The Bertz CT molecular complexity index is 768. The predicted molar refractivity (Wildman–Crippen MR) is 103 cm³/mol. The molecule has 7 heteroatoms. The molecule has 0 aliphatic heterocycles. The molecule has 26 heavy (non-hydrogen) atoms. The molecule has 1 N–H and O–H groups in total. The van der Waals surface area contributed by atoms with Crippen LogP contribution in [0.3, 0.4) is 0 Å². The number of ether oxygens (including phenoxy) is 2. The van der Waals surface area contributed by atoms with Crippen molar-refractivity contribution in [3.8, 4) is 5.75 Å². The first-order chi connectivity index (χ1) is 12.5. The lowest BCUT2D eigenvalue weighted by molar-refractivity contribution is 0.0499. The van der Waals surface area contributed by atoms with Gasteiger partial charge in [0.25, 0.3) is 5.91 Å². The highest BCUT2D eigenvalue weighted by molar-refractivity contribution is 6.37. The normalized spacial score (nSPS) is 10.3. The van der Waals surface area contributed by atoms with E-state index in [0.717, 1.165) is 12.8 Å². The van der Waals surface area contributed by atoms with Crippen molar-refractivity contribution in [1.82, 2.24) is 0 Å². The summed E-state index contributed by atoms with van der Waals surface area (Å²) >= 11 is 12.1. The van der Waals surface area contributed by atoms with Crippen LogP contribution in [-0.2, 0) is 4.74 Å². The van der Waals surface area contributed by atoms with E-state index < -0.39 is 0 Å². The molecule has 0 aromatic heterocycles. The first-order valence-corrected chi connectivity index (χ1v) is 8.83. The van der Waals surface area contributed by atoms with Crippen molar-refractivity contribution in [2.75, 3.05) is 19.0 Å². The van der Waals surface area contributed by atoms with Crippen molar-refractivity contribution in [3.63, 3.8) is 0 Å². The fourth-order valence-corrected chi connectivity index (χ4v) is 2.81. The van der Waals surface area contributed by atoms with Crippen molar-refractivity contribution in [1.29, 1.82) is 0 Å². The Hall–Kier alpha value is -2.24. The van der Waals surface area contributed by atoms with Gasteiger partial charge in [0, 0.05) is 11.3 Å². The second-order valence-corrected chi connectivity index (χ2v) is 6.31. The monoisotopic (exact) mass is 395 g/mol. The molecule has 0 aliphatic rings. The third kappa shape index (κ3) is 5.13. The SMILES string of the molecule is CCCCOC(=O)c1ccc(NC(=O)c2cc(Cl)c(OC)c(Cl)c2)cc1. The second-order valence-electron chi connectivity index (χ2n) is 5.49. The Morgan fingerprint density at radius 1 is 1.04 bits per heavy atom. The molecule has 0 fully saturated rings. The number of amides is 1. The molecule has 5 nitrogen and oxygen atoms in total. The average Bonchev–Trinajstić information content (AvgIpc) is 2.62. The molecule has 2 aromatic carbocycles. The summed E-state index contributed by atoms with van der Waals surface area (Å²) in [4.78, 5) is 24.2. The molecule has 0 saturated heterocycles. The first kappa shape index (κ1) is 20.1. The van der Waals surface area contributed by atoms with Gasteiger partial charge in [-0.2, -0.15) is 0 Å². The number of rotatable bonds is 7. The number of benzene rings is 2. The lowest BCUT2D eigenvalue weighted by atomic mass is 10.1. The highest BCUT2D eigenvalue weighted by Gasteiger charge is 2.14. The molecule has 2 aromatic rings. The van der Waals surface area contributed by atoms with Crippen molar-refractivity contribution in [2.24, 2.45) is 0 Å². The van der Waals surface area contributed by atoms with Gasteiger partial charge in [0.15, 0.2) is 5.75 Å². The van der Waals surface area contributed by atoms with Crippen molar-refractivity contribution >= 4 is 40.8 Å². The molecule has 138 valence electrons. The molecule has 0 spiro atoms. The zero-order valence-corrected chi connectivity index (χ0v) is 16.0. The zero-order chi connectivity index (χ0) is 19.1. The molecular weight excluding hydrogens is 377 g/mol. The maximum atomic E-state index is 12.4. The van der Waals surface area contributed by atoms with E-state index in [1.807, 2.05) is 6.92 Å². The third-order valence-corrected chi connectivity index (χ3v) is 4.14. The van der Waals surface area contributed by atoms with Crippen LogP contribution in [0, 0.1) is 0 Å². The summed E-state index contributed by atoms with van der Waals surface area (Å²) in [5.41, 5.74) is 1.25. The van der Waals surface area contributed by atoms with Gasteiger partial charge >= 0.3 is 5.97 Å². The quantitative estimate of drug-likeness (QED) is 0.515. The average molecular weight is 396 g/mol. The van der Waals surface area contributed by atoms with Crippen molar-refractivity contribution in [2.45, 2.75) is 19.8 Å². The van der Waals surface area contributed by atoms with Gasteiger partial charge in [0.05, 0.1) is 29.3 Å². The molecule has 0 atom stereocenters. The lowest BCUT2D eigenvalue weighted by Gasteiger charge is -2.10. The number of hydrogen-bond acceptors (Lipinski definition) is 4. The highest BCUT2D eigenvalue weighted by Crippen LogP contribution is 2.34. The number of esters is 1. The number of anilines is 1. The summed E-state index contributed by atoms with van der Waals surface area (Å²) in [6.45, 7) is 2.42. The van der Waals surface area contributed by atoms with Crippen molar-refractivity contribution < 1.29 is 19.1 Å². The van der Waals surface area contributed by atoms with Gasteiger partial charge < -0.3 is 14.8 Å². The van der Waals surface area contributed by atoms with Crippen LogP contribution >= 0.6 is 23.2 Å². The molecule has 0 radical (unpaired) electrons. The van der Waals surface area contributed by atoms with E-state index in [9.17, 15) is 9.59 Å². The number of carbonyl (C=O) groups is 2. The smallest absolute Gasteiger partial charge is 0.338 e. The summed E-state index contributed by atoms with van der Waals surface area (Å²) in [7, 11) is 1.45. The van der Waals surface area contributed by atoms with Crippen LogP contribution in [0.4, 0.5) is 5.69 Å². The number of methoxy groups -OCH3 is 1. The molecule has 0 saturated carbocycles. The molecule has 0 aliphatic carbocycles. The van der Waals surface area contributed by atoms with Crippen molar-refractivity contribution in [3.05, 3.63) is 57.6 Å². The predicted octanol–water partition coefficient (Wildman–Crippen LogP) is 5.21. The fourth-order valence-electron chi connectivity index (χ4n) is 2.17. The van der Waals surface area contributed by atoms with E-state index in [-0.39, 0.29) is 21.9 Å². The summed E-state index contributed by atoms with van der Waals surface area (Å²) in [6, 6.07) is 9.39. The van der Waals surface area contributed by atoms with E-state index in [0.29, 0.717) is 29.2 Å². The molecule has 0 unspecified atom stereocenters.